The van der Waals surface area contributed by atoms with Crippen molar-refractivity contribution < 1.29 is 9.90 Å². The second-order valence-corrected chi connectivity index (χ2v) is 4.14. The minimum absolute atomic E-state index is 0.166. The maximum Gasteiger partial charge on any atom is 0.327 e. The number of hydrogen-bond acceptors (Lipinski definition) is 7. The number of rotatable bonds is 5. The van der Waals surface area contributed by atoms with Gasteiger partial charge in [0.15, 0.2) is 12.4 Å². The number of carbonyl (C=O) groups is 1. The van der Waals surface area contributed by atoms with Crippen LogP contribution < -0.4 is 0 Å². The van der Waals surface area contributed by atoms with Gasteiger partial charge in [0, 0.05) is 5.56 Å². The molecule has 0 amide bonds. The molecular formula is C11H10N8O2. The molecule has 0 fully saturated rings. The van der Waals surface area contributed by atoms with E-state index in [-0.39, 0.29) is 13.1 Å². The molecule has 0 unspecified atom stereocenters. The lowest BCUT2D eigenvalue weighted by molar-refractivity contribution is -0.138. The van der Waals surface area contributed by atoms with Crippen molar-refractivity contribution in [2.75, 3.05) is 0 Å². The Balaban J connectivity index is 1.73. The summed E-state index contributed by atoms with van der Waals surface area (Å²) >= 11 is 0. The zero-order chi connectivity index (χ0) is 14.7. The summed E-state index contributed by atoms with van der Waals surface area (Å²) in [6.45, 7) is -0.174. The lowest BCUT2D eigenvalue weighted by Gasteiger charge is -1.93. The van der Waals surface area contributed by atoms with Crippen LogP contribution in [0.1, 0.15) is 5.82 Å². The number of carboxylic acid groups (broad SMARTS) is 1. The molecule has 106 valence electrons. The molecule has 1 aromatic carbocycles. The molecule has 0 aliphatic heterocycles. The van der Waals surface area contributed by atoms with Crippen molar-refractivity contribution in [2.24, 2.45) is 0 Å². The van der Waals surface area contributed by atoms with Gasteiger partial charge in [0.05, 0.1) is 0 Å². The summed E-state index contributed by atoms with van der Waals surface area (Å²) < 4.78 is 0. The van der Waals surface area contributed by atoms with Gasteiger partial charge in [-0.3, -0.25) is 4.79 Å². The van der Waals surface area contributed by atoms with Gasteiger partial charge in [-0.25, -0.2) is 0 Å². The lowest BCUT2D eigenvalue weighted by atomic mass is 10.2. The quantitative estimate of drug-likeness (QED) is 0.663. The molecule has 10 nitrogen and oxygen atoms in total. The Morgan fingerprint density at radius 1 is 1.05 bits per heavy atom. The van der Waals surface area contributed by atoms with Gasteiger partial charge in [-0.15, -0.1) is 20.4 Å². The van der Waals surface area contributed by atoms with E-state index in [1.807, 2.05) is 30.3 Å². The topological polar surface area (TPSA) is 124 Å². The van der Waals surface area contributed by atoms with Crippen LogP contribution >= 0.6 is 0 Å². The van der Waals surface area contributed by atoms with Crippen molar-refractivity contribution in [2.45, 2.75) is 13.1 Å². The average Bonchev–Trinajstić information content (AvgIpc) is 3.09. The van der Waals surface area contributed by atoms with Gasteiger partial charge in [-0.2, -0.15) is 9.59 Å². The zero-order valence-electron chi connectivity index (χ0n) is 10.7. The van der Waals surface area contributed by atoms with E-state index in [1.165, 1.54) is 4.80 Å². The molecule has 0 radical (unpaired) electrons. The second kappa shape index (κ2) is 5.45. The highest BCUT2D eigenvalue weighted by atomic mass is 16.4. The van der Waals surface area contributed by atoms with Gasteiger partial charge >= 0.3 is 5.97 Å². The van der Waals surface area contributed by atoms with E-state index in [0.29, 0.717) is 11.6 Å². The molecule has 0 saturated carbocycles. The van der Waals surface area contributed by atoms with Crippen molar-refractivity contribution >= 4 is 5.97 Å². The Kier molecular flexibility index (Phi) is 3.33. The molecule has 21 heavy (non-hydrogen) atoms. The van der Waals surface area contributed by atoms with Crippen LogP contribution in [0, 0.1) is 0 Å². The van der Waals surface area contributed by atoms with Gasteiger partial charge in [0.1, 0.15) is 6.54 Å². The standard InChI is InChI=1S/C11H10N8O2/c20-10(21)7-19-14-9(12-16-19)6-18-15-11(13-17-18)8-4-2-1-3-5-8/h1-5H,6-7H2,(H,20,21). The molecule has 2 heterocycles. The predicted molar refractivity (Wildman–Crippen MR) is 67.8 cm³/mol. The van der Waals surface area contributed by atoms with Crippen LogP contribution in [0.5, 0.6) is 0 Å². The van der Waals surface area contributed by atoms with E-state index in [9.17, 15) is 4.79 Å². The van der Waals surface area contributed by atoms with E-state index in [2.05, 4.69) is 30.8 Å². The summed E-state index contributed by atoms with van der Waals surface area (Å²) in [7, 11) is 0. The Morgan fingerprint density at radius 3 is 2.57 bits per heavy atom. The fourth-order valence-corrected chi connectivity index (χ4v) is 1.67. The summed E-state index contributed by atoms with van der Waals surface area (Å²) in [5.41, 5.74) is 0.853. The molecule has 1 N–H and O–H groups in total. The van der Waals surface area contributed by atoms with Crippen LogP contribution in [0.15, 0.2) is 30.3 Å². The SMILES string of the molecule is O=C(O)Cn1nnc(Cn2nnc(-c3ccccc3)n2)n1. The van der Waals surface area contributed by atoms with Gasteiger partial charge in [-0.1, -0.05) is 30.3 Å². The number of carboxylic acids is 1. The van der Waals surface area contributed by atoms with Gasteiger partial charge in [-0.05, 0) is 10.4 Å². The van der Waals surface area contributed by atoms with Crippen LogP contribution in [-0.4, -0.2) is 51.5 Å². The average molecular weight is 286 g/mol. The van der Waals surface area contributed by atoms with E-state index in [4.69, 9.17) is 5.11 Å². The van der Waals surface area contributed by atoms with E-state index in [1.54, 1.807) is 0 Å². The fraction of sp³-hybridized carbons (Fsp3) is 0.182. The third-order valence-electron chi connectivity index (χ3n) is 2.54. The number of nitrogens with zero attached hydrogens (tertiary/aromatic N) is 8. The first-order chi connectivity index (χ1) is 10.2. The minimum atomic E-state index is -1.04. The van der Waals surface area contributed by atoms with Gasteiger partial charge in [0.2, 0.25) is 5.82 Å². The predicted octanol–water partition coefficient (Wildman–Crippen LogP) is -0.541. The molecule has 10 heteroatoms. The second-order valence-electron chi connectivity index (χ2n) is 4.14. The number of benzene rings is 1. The molecule has 0 aliphatic rings. The Hall–Kier alpha value is -3.17. The van der Waals surface area contributed by atoms with Crippen molar-refractivity contribution in [3.8, 4) is 11.4 Å². The highest BCUT2D eigenvalue weighted by Crippen LogP contribution is 2.11. The summed E-state index contributed by atoms with van der Waals surface area (Å²) in [6.07, 6.45) is 0. The van der Waals surface area contributed by atoms with E-state index >= 15 is 0 Å². The van der Waals surface area contributed by atoms with E-state index in [0.717, 1.165) is 10.4 Å². The molecule has 3 rings (SSSR count). The first kappa shape index (κ1) is 12.8. The smallest absolute Gasteiger partial charge is 0.327 e. The van der Waals surface area contributed by atoms with Crippen molar-refractivity contribution in [3.63, 3.8) is 0 Å². The minimum Gasteiger partial charge on any atom is -0.480 e. The van der Waals surface area contributed by atoms with Crippen LogP contribution in [0.2, 0.25) is 0 Å². The molecule has 0 aliphatic carbocycles. The van der Waals surface area contributed by atoms with Crippen LogP contribution in [0.3, 0.4) is 0 Å². The highest BCUT2D eigenvalue weighted by Gasteiger charge is 2.10. The van der Waals surface area contributed by atoms with Crippen LogP contribution in [-0.2, 0) is 17.9 Å². The molecule has 0 bridgehead atoms. The van der Waals surface area contributed by atoms with Crippen molar-refractivity contribution in [3.05, 3.63) is 36.2 Å². The largest absolute Gasteiger partial charge is 0.480 e. The fourth-order valence-electron chi connectivity index (χ4n) is 1.67. The first-order valence-corrected chi connectivity index (χ1v) is 6.02. The normalized spacial score (nSPS) is 10.7. The summed E-state index contributed by atoms with van der Waals surface area (Å²) in [5.74, 6) is -0.231. The van der Waals surface area contributed by atoms with Crippen LogP contribution in [0.4, 0.5) is 0 Å². The van der Waals surface area contributed by atoms with E-state index < -0.39 is 5.97 Å². The Labute approximate surface area is 118 Å². The summed E-state index contributed by atoms with van der Waals surface area (Å²) in [5, 5.41) is 31.9. The number of hydrogen-bond donors (Lipinski definition) is 1. The monoisotopic (exact) mass is 286 g/mol. The third kappa shape index (κ3) is 3.05. The maximum absolute atomic E-state index is 10.5. The summed E-state index contributed by atoms with van der Waals surface area (Å²) in [4.78, 5) is 12.8. The molecule has 0 atom stereocenters. The molecule has 2 aromatic heterocycles. The highest BCUT2D eigenvalue weighted by molar-refractivity contribution is 5.66. The van der Waals surface area contributed by atoms with Crippen molar-refractivity contribution in [1.82, 2.24) is 40.4 Å². The number of aliphatic carboxylic acids is 1. The summed E-state index contributed by atoms with van der Waals surface area (Å²) in [6, 6.07) is 9.42. The molecule has 0 saturated heterocycles. The zero-order valence-corrected chi connectivity index (χ0v) is 10.7. The molecule has 0 spiro atoms. The van der Waals surface area contributed by atoms with Gasteiger partial charge in [0.25, 0.3) is 0 Å². The Morgan fingerprint density at radius 2 is 1.81 bits per heavy atom. The van der Waals surface area contributed by atoms with Crippen molar-refractivity contribution in [1.29, 1.82) is 0 Å². The Bertz CT molecular complexity index is 750. The van der Waals surface area contributed by atoms with Crippen LogP contribution in [0.25, 0.3) is 11.4 Å². The number of aromatic nitrogens is 8. The lowest BCUT2D eigenvalue weighted by Crippen LogP contribution is -2.12. The number of tetrazole rings is 2. The molecule has 3 aromatic rings. The third-order valence-corrected chi connectivity index (χ3v) is 2.54. The molecular weight excluding hydrogens is 276 g/mol. The van der Waals surface area contributed by atoms with Gasteiger partial charge < -0.3 is 5.11 Å². The first-order valence-electron chi connectivity index (χ1n) is 6.02. The maximum atomic E-state index is 10.5.